The van der Waals surface area contributed by atoms with Crippen LogP contribution in [0.4, 0.5) is 0 Å². The van der Waals surface area contributed by atoms with Gasteiger partial charge in [-0.3, -0.25) is 18.8 Å². The summed E-state index contributed by atoms with van der Waals surface area (Å²) in [6.07, 6.45) is 3.48. The van der Waals surface area contributed by atoms with Crippen LogP contribution in [0.3, 0.4) is 0 Å². The van der Waals surface area contributed by atoms with E-state index in [0.29, 0.717) is 37.2 Å². The maximum Gasteiger partial charge on any atom is 0.264 e. The highest BCUT2D eigenvalue weighted by atomic mass is 16.6. The number of carbonyl (C=O) groups is 1. The molecule has 0 saturated carbocycles. The lowest BCUT2D eigenvalue weighted by Crippen LogP contribution is -2.33. The van der Waals surface area contributed by atoms with Crippen LogP contribution in [0.15, 0.2) is 35.5 Å². The molecule has 0 unspecified atom stereocenters. The minimum absolute atomic E-state index is 0.0855. The van der Waals surface area contributed by atoms with Gasteiger partial charge in [0.05, 0.1) is 6.20 Å². The van der Waals surface area contributed by atoms with E-state index in [1.165, 1.54) is 21.8 Å². The Kier molecular flexibility index (Phi) is 4.49. The van der Waals surface area contributed by atoms with Crippen molar-refractivity contribution in [1.82, 2.24) is 24.6 Å². The largest absolute Gasteiger partial charge is 0.486 e. The van der Waals surface area contributed by atoms with E-state index in [4.69, 9.17) is 9.47 Å². The van der Waals surface area contributed by atoms with Gasteiger partial charge >= 0.3 is 0 Å². The normalized spacial score (nSPS) is 12.9. The van der Waals surface area contributed by atoms with Gasteiger partial charge in [-0.1, -0.05) is 6.07 Å². The lowest BCUT2D eigenvalue weighted by molar-refractivity contribution is -0.121. The van der Waals surface area contributed by atoms with Gasteiger partial charge in [-0.25, -0.2) is 4.98 Å². The molecule has 1 amide bonds. The lowest BCUT2D eigenvalue weighted by Gasteiger charge is -2.18. The molecule has 3 aromatic rings. The fourth-order valence-corrected chi connectivity index (χ4v) is 2.98. The van der Waals surface area contributed by atoms with Gasteiger partial charge in [-0.2, -0.15) is 5.10 Å². The van der Waals surface area contributed by atoms with Crippen LogP contribution in [-0.2, 0) is 24.8 Å². The van der Waals surface area contributed by atoms with Crippen molar-refractivity contribution in [3.8, 4) is 11.5 Å². The molecular formula is C18H19N5O4. The van der Waals surface area contributed by atoms with E-state index in [1.54, 1.807) is 7.05 Å². The van der Waals surface area contributed by atoms with Crippen LogP contribution < -0.4 is 20.3 Å². The molecule has 0 radical (unpaired) electrons. The van der Waals surface area contributed by atoms with Crippen molar-refractivity contribution in [2.45, 2.75) is 13.0 Å². The van der Waals surface area contributed by atoms with Gasteiger partial charge in [-0.05, 0) is 24.1 Å². The number of fused-ring (bicyclic) bond motifs is 2. The van der Waals surface area contributed by atoms with Crippen LogP contribution in [-0.4, -0.2) is 45.0 Å². The standard InChI is InChI=1S/C18H19N5O4/c1-22-17-13(9-21-22)18(25)23(11-20-17)10-16(24)19-5-4-12-2-3-14-15(8-12)27-7-6-26-14/h2-3,8-9,11H,4-7,10H2,1H3,(H,19,24). The molecule has 1 aliphatic rings. The Labute approximate surface area is 154 Å². The summed E-state index contributed by atoms with van der Waals surface area (Å²) >= 11 is 0. The van der Waals surface area contributed by atoms with Crippen LogP contribution in [0.5, 0.6) is 11.5 Å². The number of nitrogens with zero attached hydrogens (tertiary/aromatic N) is 4. The Morgan fingerprint density at radius 2 is 2.07 bits per heavy atom. The zero-order chi connectivity index (χ0) is 18.8. The molecule has 2 aromatic heterocycles. The Balaban J connectivity index is 1.35. The Morgan fingerprint density at radius 1 is 1.26 bits per heavy atom. The molecule has 1 aliphatic heterocycles. The summed E-state index contributed by atoms with van der Waals surface area (Å²) in [4.78, 5) is 28.7. The summed E-state index contributed by atoms with van der Waals surface area (Å²) in [5.41, 5.74) is 1.25. The average Bonchev–Trinajstić information content (AvgIpc) is 3.05. The first-order chi connectivity index (χ1) is 13.1. The summed E-state index contributed by atoms with van der Waals surface area (Å²) < 4.78 is 13.9. The minimum atomic E-state index is -0.282. The number of rotatable bonds is 5. The molecule has 27 heavy (non-hydrogen) atoms. The fraction of sp³-hybridized carbons (Fsp3) is 0.333. The molecule has 1 N–H and O–H groups in total. The number of carbonyl (C=O) groups excluding carboxylic acids is 1. The zero-order valence-corrected chi connectivity index (χ0v) is 14.8. The van der Waals surface area contributed by atoms with E-state index in [9.17, 15) is 9.59 Å². The molecule has 1 aromatic carbocycles. The second-order valence-electron chi connectivity index (χ2n) is 6.26. The Hall–Kier alpha value is -3.36. The lowest BCUT2D eigenvalue weighted by atomic mass is 10.1. The van der Waals surface area contributed by atoms with Crippen molar-refractivity contribution >= 4 is 16.9 Å². The topological polar surface area (TPSA) is 100 Å². The van der Waals surface area contributed by atoms with Gasteiger partial charge in [0.2, 0.25) is 5.91 Å². The first-order valence-corrected chi connectivity index (χ1v) is 8.64. The molecular weight excluding hydrogens is 350 g/mol. The van der Waals surface area contributed by atoms with Crippen molar-refractivity contribution in [2.24, 2.45) is 7.05 Å². The van der Waals surface area contributed by atoms with Crippen molar-refractivity contribution < 1.29 is 14.3 Å². The van der Waals surface area contributed by atoms with E-state index < -0.39 is 0 Å². The van der Waals surface area contributed by atoms with Gasteiger partial charge in [0.1, 0.15) is 31.5 Å². The molecule has 0 atom stereocenters. The summed E-state index contributed by atoms with van der Waals surface area (Å²) in [6.45, 7) is 1.46. The summed E-state index contributed by atoms with van der Waals surface area (Å²) in [5.74, 6) is 1.22. The predicted molar refractivity (Wildman–Crippen MR) is 96.9 cm³/mol. The number of amides is 1. The molecule has 0 fully saturated rings. The first kappa shape index (κ1) is 17.1. The van der Waals surface area contributed by atoms with Crippen molar-refractivity contribution in [3.05, 3.63) is 46.6 Å². The Morgan fingerprint density at radius 3 is 2.93 bits per heavy atom. The van der Waals surface area contributed by atoms with Gasteiger partial charge in [0.15, 0.2) is 17.1 Å². The monoisotopic (exact) mass is 369 g/mol. The second kappa shape index (κ2) is 7.10. The summed E-state index contributed by atoms with van der Waals surface area (Å²) in [7, 11) is 1.71. The number of hydrogen-bond acceptors (Lipinski definition) is 6. The van der Waals surface area contributed by atoms with E-state index in [-0.39, 0.29) is 18.0 Å². The smallest absolute Gasteiger partial charge is 0.264 e. The number of benzene rings is 1. The molecule has 3 heterocycles. The fourth-order valence-electron chi connectivity index (χ4n) is 2.98. The number of ether oxygens (including phenoxy) is 2. The molecule has 0 spiro atoms. The van der Waals surface area contributed by atoms with Crippen LogP contribution in [0.1, 0.15) is 5.56 Å². The number of hydrogen-bond donors (Lipinski definition) is 1. The average molecular weight is 369 g/mol. The van der Waals surface area contributed by atoms with E-state index in [1.807, 2.05) is 18.2 Å². The maximum absolute atomic E-state index is 12.4. The number of nitrogens with one attached hydrogen (secondary N) is 1. The van der Waals surface area contributed by atoms with Crippen LogP contribution in [0.25, 0.3) is 11.0 Å². The van der Waals surface area contributed by atoms with Gasteiger partial charge in [0.25, 0.3) is 5.56 Å². The highest BCUT2D eigenvalue weighted by Crippen LogP contribution is 2.30. The maximum atomic E-state index is 12.4. The van der Waals surface area contributed by atoms with E-state index in [2.05, 4.69) is 15.4 Å². The minimum Gasteiger partial charge on any atom is -0.486 e. The highest BCUT2D eigenvalue weighted by molar-refractivity contribution is 5.77. The number of aromatic nitrogens is 4. The SMILES string of the molecule is Cn1ncc2c(=O)n(CC(=O)NCCc3ccc4c(c3)OCCO4)cnc21. The molecule has 0 bridgehead atoms. The molecule has 0 aliphatic carbocycles. The predicted octanol–water partition coefficient (Wildman–Crippen LogP) is 0.260. The van der Waals surface area contributed by atoms with Crippen molar-refractivity contribution in [3.63, 3.8) is 0 Å². The van der Waals surface area contributed by atoms with Crippen LogP contribution in [0, 0.1) is 0 Å². The summed E-state index contributed by atoms with van der Waals surface area (Å²) in [5, 5.41) is 7.23. The Bertz CT molecular complexity index is 1060. The van der Waals surface area contributed by atoms with Crippen LogP contribution in [0.2, 0.25) is 0 Å². The van der Waals surface area contributed by atoms with E-state index in [0.717, 1.165) is 17.1 Å². The highest BCUT2D eigenvalue weighted by Gasteiger charge is 2.13. The van der Waals surface area contributed by atoms with Gasteiger partial charge < -0.3 is 14.8 Å². The second-order valence-corrected chi connectivity index (χ2v) is 6.26. The number of aryl methyl sites for hydroxylation is 1. The molecule has 140 valence electrons. The third-order valence-corrected chi connectivity index (χ3v) is 4.37. The first-order valence-electron chi connectivity index (χ1n) is 8.64. The third-order valence-electron chi connectivity index (χ3n) is 4.37. The van der Waals surface area contributed by atoms with Gasteiger partial charge in [-0.15, -0.1) is 0 Å². The van der Waals surface area contributed by atoms with Crippen molar-refractivity contribution in [2.75, 3.05) is 19.8 Å². The molecule has 9 heteroatoms. The summed E-state index contributed by atoms with van der Waals surface area (Å²) in [6, 6.07) is 5.75. The van der Waals surface area contributed by atoms with Crippen LogP contribution >= 0.6 is 0 Å². The van der Waals surface area contributed by atoms with E-state index >= 15 is 0 Å². The quantitative estimate of drug-likeness (QED) is 0.692. The molecule has 4 rings (SSSR count). The molecule has 9 nitrogen and oxygen atoms in total. The molecule has 0 saturated heterocycles. The zero-order valence-electron chi connectivity index (χ0n) is 14.8. The van der Waals surface area contributed by atoms with Crippen molar-refractivity contribution in [1.29, 1.82) is 0 Å². The van der Waals surface area contributed by atoms with Gasteiger partial charge in [0, 0.05) is 13.6 Å². The third kappa shape index (κ3) is 3.48.